The van der Waals surface area contributed by atoms with Crippen LogP contribution in [-0.2, 0) is 12.8 Å². The zero-order valence-corrected chi connectivity index (χ0v) is 13.0. The first-order chi connectivity index (χ1) is 9.06. The first-order valence-corrected chi connectivity index (χ1v) is 7.24. The van der Waals surface area contributed by atoms with Crippen molar-refractivity contribution in [3.8, 4) is 5.69 Å². The summed E-state index contributed by atoms with van der Waals surface area (Å²) in [4.78, 5) is 11.4. The molecule has 0 radical (unpaired) electrons. The van der Waals surface area contributed by atoms with Gasteiger partial charge < -0.3 is 0 Å². The highest BCUT2D eigenvalue weighted by Gasteiger charge is 2.11. The number of aryl methyl sites for hydroxylation is 2. The number of halogens is 1. The smallest absolute Gasteiger partial charge is 0.159 e. The van der Waals surface area contributed by atoms with Gasteiger partial charge in [-0.3, -0.25) is 4.79 Å². The van der Waals surface area contributed by atoms with E-state index in [4.69, 9.17) is 0 Å². The lowest BCUT2D eigenvalue weighted by atomic mass is 10.1. The van der Waals surface area contributed by atoms with E-state index in [2.05, 4.69) is 40.9 Å². The molecule has 0 aliphatic rings. The topological polar surface area (TPSA) is 34.9 Å². The van der Waals surface area contributed by atoms with Crippen LogP contribution < -0.4 is 0 Å². The largest absolute Gasteiger partial charge is 0.295 e. The molecule has 1 aromatic heterocycles. The Morgan fingerprint density at radius 2 is 2.00 bits per heavy atom. The minimum absolute atomic E-state index is 0.0673. The van der Waals surface area contributed by atoms with Gasteiger partial charge in [-0.15, -0.1) is 0 Å². The molecule has 2 aromatic rings. The summed E-state index contributed by atoms with van der Waals surface area (Å²) in [6.45, 7) is 5.78. The molecule has 0 saturated carbocycles. The molecule has 0 saturated heterocycles. The second kappa shape index (κ2) is 5.70. The van der Waals surface area contributed by atoms with Crippen LogP contribution in [0.2, 0.25) is 0 Å². The van der Waals surface area contributed by atoms with Gasteiger partial charge >= 0.3 is 0 Å². The fraction of sp³-hybridized carbons (Fsp3) is 0.333. The summed E-state index contributed by atoms with van der Waals surface area (Å²) in [5.41, 5.74) is 3.94. The van der Waals surface area contributed by atoms with E-state index < -0.39 is 0 Å². The highest BCUT2D eigenvalue weighted by molar-refractivity contribution is 9.10. The third kappa shape index (κ3) is 2.78. The second-order valence-electron chi connectivity index (χ2n) is 4.47. The highest BCUT2D eigenvalue weighted by atomic mass is 79.9. The molecule has 0 N–H and O–H groups in total. The van der Waals surface area contributed by atoms with Crippen LogP contribution in [0.25, 0.3) is 5.69 Å². The average Bonchev–Trinajstić information content (AvgIpc) is 2.81. The van der Waals surface area contributed by atoms with E-state index in [0.29, 0.717) is 5.56 Å². The monoisotopic (exact) mass is 320 g/mol. The van der Waals surface area contributed by atoms with Gasteiger partial charge in [0.2, 0.25) is 0 Å². The van der Waals surface area contributed by atoms with Gasteiger partial charge in [-0.25, -0.2) is 4.68 Å². The number of carbonyl (C=O) groups is 1. The SMILES string of the molecule is CCc1cc(CC)n(-c2ccc(C(C)=O)cc2Br)n1. The van der Waals surface area contributed by atoms with Crippen molar-refractivity contribution in [2.75, 3.05) is 0 Å². The molecular formula is C15H17BrN2O. The van der Waals surface area contributed by atoms with Crippen molar-refractivity contribution in [3.63, 3.8) is 0 Å². The van der Waals surface area contributed by atoms with Gasteiger partial charge in [-0.1, -0.05) is 13.8 Å². The summed E-state index contributed by atoms with van der Waals surface area (Å²) >= 11 is 3.53. The molecule has 4 heteroatoms. The molecule has 0 fully saturated rings. The number of carbonyl (C=O) groups excluding carboxylic acids is 1. The second-order valence-corrected chi connectivity index (χ2v) is 5.32. The molecule has 0 unspecified atom stereocenters. The highest BCUT2D eigenvalue weighted by Crippen LogP contribution is 2.24. The first-order valence-electron chi connectivity index (χ1n) is 6.45. The number of hydrogen-bond donors (Lipinski definition) is 0. The maximum atomic E-state index is 11.4. The van der Waals surface area contributed by atoms with Crippen LogP contribution in [0, 0.1) is 0 Å². The van der Waals surface area contributed by atoms with Crippen molar-refractivity contribution in [1.82, 2.24) is 9.78 Å². The zero-order chi connectivity index (χ0) is 14.0. The normalized spacial score (nSPS) is 10.7. The Morgan fingerprint density at radius 3 is 2.53 bits per heavy atom. The Morgan fingerprint density at radius 1 is 1.26 bits per heavy atom. The lowest BCUT2D eigenvalue weighted by molar-refractivity contribution is 0.101. The molecule has 0 aliphatic heterocycles. The molecule has 2 rings (SSSR count). The molecule has 100 valence electrons. The molecule has 0 atom stereocenters. The summed E-state index contributed by atoms with van der Waals surface area (Å²) in [6.07, 6.45) is 1.84. The fourth-order valence-corrected chi connectivity index (χ4v) is 2.55. The lowest BCUT2D eigenvalue weighted by Crippen LogP contribution is -2.03. The number of hydrogen-bond acceptors (Lipinski definition) is 2. The Balaban J connectivity index is 2.52. The molecule has 1 heterocycles. The average molecular weight is 321 g/mol. The molecule has 0 amide bonds. The Labute approximate surface area is 121 Å². The van der Waals surface area contributed by atoms with Crippen molar-refractivity contribution < 1.29 is 4.79 Å². The van der Waals surface area contributed by atoms with E-state index in [9.17, 15) is 4.79 Å². The standard InChI is InChI=1S/C15H17BrN2O/c1-4-12-9-13(5-2)18(17-12)15-7-6-11(10(3)19)8-14(15)16/h6-9H,4-5H2,1-3H3. The van der Waals surface area contributed by atoms with E-state index in [1.54, 1.807) is 6.92 Å². The van der Waals surface area contributed by atoms with E-state index in [1.807, 2.05) is 22.9 Å². The number of ketones is 1. The van der Waals surface area contributed by atoms with Gasteiger partial charge in [0.25, 0.3) is 0 Å². The summed E-state index contributed by atoms with van der Waals surface area (Å²) in [6, 6.07) is 7.76. The molecule has 0 bridgehead atoms. The molecule has 3 nitrogen and oxygen atoms in total. The van der Waals surface area contributed by atoms with Crippen LogP contribution in [0.1, 0.15) is 42.5 Å². The third-order valence-electron chi connectivity index (χ3n) is 3.14. The fourth-order valence-electron chi connectivity index (χ4n) is 2.01. The Hall–Kier alpha value is -1.42. The maximum Gasteiger partial charge on any atom is 0.159 e. The minimum atomic E-state index is 0.0673. The summed E-state index contributed by atoms with van der Waals surface area (Å²) in [7, 11) is 0. The van der Waals surface area contributed by atoms with Crippen molar-refractivity contribution in [1.29, 1.82) is 0 Å². The number of Topliss-reactive ketones (excluding diaryl/α,β-unsaturated/α-hetero) is 1. The van der Waals surface area contributed by atoms with Crippen LogP contribution in [-0.4, -0.2) is 15.6 Å². The predicted octanol–water partition coefficient (Wildman–Crippen LogP) is 3.96. The van der Waals surface area contributed by atoms with Crippen molar-refractivity contribution in [2.45, 2.75) is 33.6 Å². The summed E-state index contributed by atoms with van der Waals surface area (Å²) < 4.78 is 2.84. The summed E-state index contributed by atoms with van der Waals surface area (Å²) in [5, 5.41) is 4.61. The lowest BCUT2D eigenvalue weighted by Gasteiger charge is -2.09. The van der Waals surface area contributed by atoms with Crippen LogP contribution in [0.5, 0.6) is 0 Å². The third-order valence-corrected chi connectivity index (χ3v) is 3.78. The Kier molecular flexibility index (Phi) is 4.20. The van der Waals surface area contributed by atoms with Gasteiger partial charge in [-0.2, -0.15) is 5.10 Å². The van der Waals surface area contributed by atoms with E-state index in [0.717, 1.165) is 28.7 Å². The summed E-state index contributed by atoms with van der Waals surface area (Å²) in [5.74, 6) is 0.0673. The van der Waals surface area contributed by atoms with Gasteiger partial charge in [0.05, 0.1) is 11.4 Å². The first kappa shape index (κ1) is 14.0. The van der Waals surface area contributed by atoms with E-state index in [-0.39, 0.29) is 5.78 Å². The van der Waals surface area contributed by atoms with Crippen LogP contribution in [0.15, 0.2) is 28.7 Å². The van der Waals surface area contributed by atoms with Crippen LogP contribution in [0.4, 0.5) is 0 Å². The van der Waals surface area contributed by atoms with Gasteiger partial charge in [0.15, 0.2) is 5.78 Å². The van der Waals surface area contributed by atoms with Gasteiger partial charge in [0.1, 0.15) is 0 Å². The van der Waals surface area contributed by atoms with E-state index >= 15 is 0 Å². The van der Waals surface area contributed by atoms with Crippen molar-refractivity contribution >= 4 is 21.7 Å². The molecular weight excluding hydrogens is 304 g/mol. The van der Waals surface area contributed by atoms with Crippen LogP contribution >= 0.6 is 15.9 Å². The number of benzene rings is 1. The minimum Gasteiger partial charge on any atom is -0.295 e. The van der Waals surface area contributed by atoms with Gasteiger partial charge in [0, 0.05) is 15.7 Å². The molecule has 1 aromatic carbocycles. The Bertz CT molecular complexity index is 617. The number of rotatable bonds is 4. The molecule has 0 aliphatic carbocycles. The number of aromatic nitrogens is 2. The van der Waals surface area contributed by atoms with E-state index in [1.165, 1.54) is 5.69 Å². The molecule has 19 heavy (non-hydrogen) atoms. The van der Waals surface area contributed by atoms with Crippen LogP contribution in [0.3, 0.4) is 0 Å². The zero-order valence-electron chi connectivity index (χ0n) is 11.4. The van der Waals surface area contributed by atoms with Gasteiger partial charge in [-0.05, 0) is 60.0 Å². The maximum absolute atomic E-state index is 11.4. The van der Waals surface area contributed by atoms with Crippen molar-refractivity contribution in [3.05, 3.63) is 45.7 Å². The number of nitrogens with zero attached hydrogens (tertiary/aromatic N) is 2. The predicted molar refractivity (Wildman–Crippen MR) is 80.0 cm³/mol. The molecule has 0 spiro atoms. The van der Waals surface area contributed by atoms with Crippen molar-refractivity contribution in [2.24, 2.45) is 0 Å². The quantitative estimate of drug-likeness (QED) is 0.799.